The lowest BCUT2D eigenvalue weighted by Gasteiger charge is -2.29. The van der Waals surface area contributed by atoms with Gasteiger partial charge in [-0.2, -0.15) is 0 Å². The van der Waals surface area contributed by atoms with Gasteiger partial charge in [0, 0.05) is 18.7 Å². The number of aryl methyl sites for hydroxylation is 1. The van der Waals surface area contributed by atoms with Gasteiger partial charge in [-0.15, -0.1) is 10.2 Å². The molecule has 2 heterocycles. The molecule has 0 saturated carbocycles. The number of hydrogen-bond donors (Lipinski definition) is 0. The summed E-state index contributed by atoms with van der Waals surface area (Å²) in [7, 11) is 0. The largest absolute Gasteiger partial charge is 0.411 e. The third-order valence-corrected chi connectivity index (χ3v) is 5.96. The van der Waals surface area contributed by atoms with Gasteiger partial charge in [0.05, 0.1) is 0 Å². The first-order valence-corrected chi connectivity index (χ1v) is 10.5. The van der Waals surface area contributed by atoms with Crippen LogP contribution < -0.4 is 0 Å². The first-order valence-electron chi connectivity index (χ1n) is 9.61. The van der Waals surface area contributed by atoms with Crippen molar-refractivity contribution in [2.45, 2.75) is 36.7 Å². The third kappa shape index (κ3) is 4.28. The molecule has 1 unspecified atom stereocenters. The van der Waals surface area contributed by atoms with Crippen LogP contribution in [0.5, 0.6) is 0 Å². The minimum Gasteiger partial charge on any atom is -0.411 e. The Labute approximate surface area is 169 Å². The summed E-state index contributed by atoms with van der Waals surface area (Å²) in [6.45, 7) is 3.67. The van der Waals surface area contributed by atoms with E-state index in [1.165, 1.54) is 18.2 Å². The van der Waals surface area contributed by atoms with E-state index in [1.807, 2.05) is 66.4 Å². The van der Waals surface area contributed by atoms with Crippen molar-refractivity contribution < 1.29 is 9.21 Å². The van der Waals surface area contributed by atoms with Gasteiger partial charge >= 0.3 is 0 Å². The quantitative estimate of drug-likeness (QED) is 0.578. The minimum atomic E-state index is -0.384. The Bertz CT molecular complexity index is 936. The van der Waals surface area contributed by atoms with Gasteiger partial charge in [0.2, 0.25) is 11.8 Å². The van der Waals surface area contributed by atoms with Crippen molar-refractivity contribution in [3.05, 3.63) is 65.7 Å². The molecule has 0 spiro atoms. The van der Waals surface area contributed by atoms with E-state index in [0.717, 1.165) is 42.6 Å². The number of rotatable bonds is 5. The monoisotopic (exact) mass is 393 g/mol. The lowest BCUT2D eigenvalue weighted by Crippen LogP contribution is -2.38. The summed E-state index contributed by atoms with van der Waals surface area (Å²) < 4.78 is 5.88. The fraction of sp³-hybridized carbons (Fsp3) is 0.318. The predicted octanol–water partition coefficient (Wildman–Crippen LogP) is 4.89. The molecule has 0 radical (unpaired) electrons. The molecule has 144 valence electrons. The summed E-state index contributed by atoms with van der Waals surface area (Å²) in [6, 6.07) is 17.8. The van der Waals surface area contributed by atoms with Gasteiger partial charge in [-0.05, 0) is 55.6 Å². The van der Waals surface area contributed by atoms with Gasteiger partial charge in [0.15, 0.2) is 0 Å². The maximum atomic E-state index is 13.2. The van der Waals surface area contributed by atoms with E-state index in [0.29, 0.717) is 11.1 Å². The summed E-state index contributed by atoms with van der Waals surface area (Å²) in [4.78, 5) is 15.2. The van der Waals surface area contributed by atoms with Crippen LogP contribution in [0.15, 0.2) is 64.2 Å². The molecular formula is C22H23N3O2S. The predicted molar refractivity (Wildman–Crippen MR) is 110 cm³/mol. The van der Waals surface area contributed by atoms with Crippen LogP contribution in [0.3, 0.4) is 0 Å². The molecule has 3 aromatic rings. The zero-order valence-corrected chi connectivity index (χ0v) is 16.7. The van der Waals surface area contributed by atoms with Crippen molar-refractivity contribution in [3.8, 4) is 11.5 Å². The highest BCUT2D eigenvalue weighted by molar-refractivity contribution is 8.00. The number of nitrogens with zero attached hydrogens (tertiary/aromatic N) is 3. The molecule has 1 fully saturated rings. The number of benzene rings is 2. The Morgan fingerprint density at radius 3 is 2.57 bits per heavy atom. The first-order chi connectivity index (χ1) is 13.7. The highest BCUT2D eigenvalue weighted by Gasteiger charge is 2.29. The molecule has 1 amide bonds. The molecule has 1 atom stereocenters. The highest BCUT2D eigenvalue weighted by Crippen LogP contribution is 2.37. The fourth-order valence-electron chi connectivity index (χ4n) is 3.42. The summed E-state index contributed by atoms with van der Waals surface area (Å²) in [5.74, 6) is 0.592. The van der Waals surface area contributed by atoms with Gasteiger partial charge in [-0.1, -0.05) is 48.0 Å². The average molecular weight is 394 g/mol. The standard InChI is InChI=1S/C22H23N3O2S/c1-16-9-8-12-18(15-16)20-23-24-22(27-20)28-19(17-10-4-2-5-11-17)21(26)25-13-6-3-7-14-25/h2,4-5,8-12,15,19H,3,6-7,13-14H2,1H3. The molecule has 1 saturated heterocycles. The van der Waals surface area contributed by atoms with E-state index in [2.05, 4.69) is 10.2 Å². The number of carbonyl (C=O) groups is 1. The average Bonchev–Trinajstić information content (AvgIpc) is 3.22. The van der Waals surface area contributed by atoms with E-state index in [-0.39, 0.29) is 11.2 Å². The topological polar surface area (TPSA) is 59.2 Å². The van der Waals surface area contributed by atoms with Crippen LogP contribution in [0.1, 0.15) is 35.6 Å². The molecule has 1 aromatic heterocycles. The van der Waals surface area contributed by atoms with Crippen LogP contribution in [0.4, 0.5) is 0 Å². The van der Waals surface area contributed by atoms with Crippen molar-refractivity contribution in [2.24, 2.45) is 0 Å². The second-order valence-electron chi connectivity index (χ2n) is 7.04. The molecule has 1 aliphatic heterocycles. The van der Waals surface area contributed by atoms with Crippen molar-refractivity contribution in [3.63, 3.8) is 0 Å². The Kier molecular flexibility index (Phi) is 5.76. The number of amides is 1. The van der Waals surface area contributed by atoms with E-state index >= 15 is 0 Å². The molecular weight excluding hydrogens is 370 g/mol. The van der Waals surface area contributed by atoms with Crippen LogP contribution in [0.2, 0.25) is 0 Å². The minimum absolute atomic E-state index is 0.117. The Morgan fingerprint density at radius 2 is 1.82 bits per heavy atom. The number of piperidine rings is 1. The molecule has 1 aliphatic rings. The SMILES string of the molecule is Cc1cccc(-c2nnc(SC(C(=O)N3CCCCC3)c3ccccc3)o2)c1. The Balaban J connectivity index is 1.58. The summed E-state index contributed by atoms with van der Waals surface area (Å²) in [5.41, 5.74) is 2.98. The maximum Gasteiger partial charge on any atom is 0.277 e. The molecule has 28 heavy (non-hydrogen) atoms. The number of thioether (sulfide) groups is 1. The van der Waals surface area contributed by atoms with Crippen LogP contribution in [-0.4, -0.2) is 34.1 Å². The maximum absolute atomic E-state index is 13.2. The van der Waals surface area contributed by atoms with Crippen molar-refractivity contribution in [1.29, 1.82) is 0 Å². The number of aromatic nitrogens is 2. The van der Waals surface area contributed by atoms with Crippen molar-refractivity contribution >= 4 is 17.7 Å². The zero-order valence-electron chi connectivity index (χ0n) is 15.9. The molecule has 5 nitrogen and oxygen atoms in total. The second kappa shape index (κ2) is 8.61. The normalized spacial score (nSPS) is 15.4. The van der Waals surface area contributed by atoms with Gasteiger partial charge in [0.1, 0.15) is 5.25 Å². The van der Waals surface area contributed by atoms with Gasteiger partial charge in [-0.3, -0.25) is 4.79 Å². The summed E-state index contributed by atoms with van der Waals surface area (Å²) in [6.07, 6.45) is 3.32. The molecule has 2 aromatic carbocycles. The highest BCUT2D eigenvalue weighted by atomic mass is 32.2. The Hall–Kier alpha value is -2.60. The smallest absolute Gasteiger partial charge is 0.277 e. The van der Waals surface area contributed by atoms with Gasteiger partial charge in [0.25, 0.3) is 5.22 Å². The summed E-state index contributed by atoms with van der Waals surface area (Å²) >= 11 is 1.33. The van der Waals surface area contributed by atoms with E-state index in [9.17, 15) is 4.79 Å². The Morgan fingerprint density at radius 1 is 1.04 bits per heavy atom. The lowest BCUT2D eigenvalue weighted by molar-refractivity contribution is -0.131. The van der Waals surface area contributed by atoms with E-state index < -0.39 is 0 Å². The molecule has 0 bridgehead atoms. The zero-order chi connectivity index (χ0) is 19.3. The van der Waals surface area contributed by atoms with Crippen molar-refractivity contribution in [1.82, 2.24) is 15.1 Å². The molecule has 0 N–H and O–H groups in total. The van der Waals surface area contributed by atoms with E-state index in [1.54, 1.807) is 0 Å². The van der Waals surface area contributed by atoms with E-state index in [4.69, 9.17) is 4.42 Å². The molecule has 0 aliphatic carbocycles. The lowest BCUT2D eigenvalue weighted by atomic mass is 10.1. The van der Waals surface area contributed by atoms with Crippen LogP contribution in [0.25, 0.3) is 11.5 Å². The summed E-state index contributed by atoms with van der Waals surface area (Å²) in [5, 5.41) is 8.40. The van der Waals surface area contributed by atoms with Gasteiger partial charge < -0.3 is 9.32 Å². The van der Waals surface area contributed by atoms with Crippen LogP contribution >= 0.6 is 11.8 Å². The first kappa shape index (κ1) is 18.7. The van der Waals surface area contributed by atoms with Crippen LogP contribution in [0, 0.1) is 6.92 Å². The molecule has 4 rings (SSSR count). The van der Waals surface area contributed by atoms with Gasteiger partial charge in [-0.25, -0.2) is 0 Å². The molecule has 6 heteroatoms. The number of likely N-dealkylation sites (tertiary alicyclic amines) is 1. The second-order valence-corrected chi connectivity index (χ2v) is 8.09. The van der Waals surface area contributed by atoms with Crippen molar-refractivity contribution in [2.75, 3.05) is 13.1 Å². The number of carbonyl (C=O) groups excluding carboxylic acids is 1. The third-order valence-electron chi connectivity index (χ3n) is 4.88. The number of hydrogen-bond acceptors (Lipinski definition) is 5. The van der Waals surface area contributed by atoms with Crippen LogP contribution in [-0.2, 0) is 4.79 Å². The fourth-order valence-corrected chi connectivity index (χ4v) is 4.38.